The van der Waals surface area contributed by atoms with Gasteiger partial charge in [0, 0.05) is 35.9 Å². The molecule has 0 spiro atoms. The van der Waals surface area contributed by atoms with Crippen molar-refractivity contribution in [2.45, 2.75) is 27.3 Å². The van der Waals surface area contributed by atoms with Gasteiger partial charge in [0.15, 0.2) is 5.82 Å². The van der Waals surface area contributed by atoms with Crippen LogP contribution in [0.25, 0.3) is 22.6 Å². The first-order chi connectivity index (χ1) is 13.6. The molecule has 3 aromatic heterocycles. The van der Waals surface area contributed by atoms with Crippen LogP contribution in [0.3, 0.4) is 0 Å². The van der Waals surface area contributed by atoms with Crippen LogP contribution in [0, 0.1) is 32.1 Å². The van der Waals surface area contributed by atoms with E-state index >= 15 is 0 Å². The van der Waals surface area contributed by atoms with E-state index in [4.69, 9.17) is 9.78 Å². The fourth-order valence-electron chi connectivity index (χ4n) is 3.52. The average Bonchev–Trinajstić information content (AvgIpc) is 3.25. The summed E-state index contributed by atoms with van der Waals surface area (Å²) in [6, 6.07) is 13.7. The van der Waals surface area contributed by atoms with Gasteiger partial charge in [0.05, 0.1) is 17.2 Å². The molecule has 0 N–H and O–H groups in total. The third kappa shape index (κ3) is 3.08. The van der Waals surface area contributed by atoms with Gasteiger partial charge in [-0.1, -0.05) is 23.4 Å². The van der Waals surface area contributed by atoms with Crippen molar-refractivity contribution in [3.63, 3.8) is 0 Å². The second-order valence-corrected chi connectivity index (χ2v) is 6.70. The summed E-state index contributed by atoms with van der Waals surface area (Å²) < 4.78 is 7.75. The Labute approximate surface area is 163 Å². The number of rotatable bonds is 4. The van der Waals surface area contributed by atoms with Gasteiger partial charge in [-0.2, -0.15) is 10.2 Å². The fourth-order valence-corrected chi connectivity index (χ4v) is 3.52. The predicted molar refractivity (Wildman–Crippen MR) is 105 cm³/mol. The molecule has 0 fully saturated rings. The van der Waals surface area contributed by atoms with Gasteiger partial charge in [0.25, 0.3) is 5.89 Å². The Balaban J connectivity index is 1.92. The molecule has 0 radical (unpaired) electrons. The molecule has 6 nitrogen and oxygen atoms in total. The van der Waals surface area contributed by atoms with Gasteiger partial charge in [-0.15, -0.1) is 0 Å². The highest BCUT2D eigenvalue weighted by Crippen LogP contribution is 2.39. The maximum absolute atomic E-state index is 9.11. The lowest BCUT2D eigenvalue weighted by Gasteiger charge is -2.09. The Morgan fingerprint density at radius 3 is 2.39 bits per heavy atom. The largest absolute Gasteiger partial charge is 0.343 e. The molecule has 0 amide bonds. The molecule has 0 atom stereocenters. The number of nitrogens with zero attached hydrogens (tertiary/aromatic N) is 5. The second-order valence-electron chi connectivity index (χ2n) is 6.70. The molecule has 0 saturated heterocycles. The van der Waals surface area contributed by atoms with E-state index in [1.54, 1.807) is 6.20 Å². The van der Waals surface area contributed by atoms with Gasteiger partial charge >= 0.3 is 0 Å². The minimum absolute atomic E-state index is 0.502. The number of hydrogen-bond acceptors (Lipinski definition) is 5. The van der Waals surface area contributed by atoms with E-state index in [1.165, 1.54) is 0 Å². The topological polar surface area (TPSA) is 80.5 Å². The molecule has 3 heterocycles. The summed E-state index contributed by atoms with van der Waals surface area (Å²) in [6.45, 7) is 6.65. The summed E-state index contributed by atoms with van der Waals surface area (Å²) in [5.74, 6) is 1.10. The first-order valence-electron chi connectivity index (χ1n) is 8.98. The van der Waals surface area contributed by atoms with Crippen molar-refractivity contribution in [3.8, 4) is 28.7 Å². The Hall–Kier alpha value is -3.72. The van der Waals surface area contributed by atoms with Gasteiger partial charge in [-0.3, -0.25) is 4.98 Å². The molecule has 0 aliphatic heterocycles. The van der Waals surface area contributed by atoms with Gasteiger partial charge in [-0.05, 0) is 50.1 Å². The molecule has 6 heteroatoms. The standard InChI is InChI=1S/C22H19N5O/c1-14-20(19-8-6-17(11-23)7-9-19)21(22-25-16(3)26-28-22)15(2)27(14)13-18-5-4-10-24-12-18/h4-10,12H,13H2,1-3H3. The maximum Gasteiger partial charge on any atom is 0.260 e. The number of nitriles is 1. The highest BCUT2D eigenvalue weighted by Gasteiger charge is 2.24. The van der Waals surface area contributed by atoms with Gasteiger partial charge in [-0.25, -0.2) is 0 Å². The highest BCUT2D eigenvalue weighted by molar-refractivity contribution is 5.84. The van der Waals surface area contributed by atoms with Crippen molar-refractivity contribution in [2.24, 2.45) is 0 Å². The molecular formula is C22H19N5O. The monoisotopic (exact) mass is 369 g/mol. The maximum atomic E-state index is 9.11. The molecule has 4 rings (SSSR count). The molecule has 0 aliphatic rings. The predicted octanol–water partition coefficient (Wildman–Crippen LogP) is 4.45. The number of hydrogen-bond donors (Lipinski definition) is 0. The fraction of sp³-hybridized carbons (Fsp3) is 0.182. The minimum Gasteiger partial charge on any atom is -0.343 e. The van der Waals surface area contributed by atoms with Crippen molar-refractivity contribution in [1.82, 2.24) is 19.7 Å². The number of benzene rings is 1. The van der Waals surface area contributed by atoms with Crippen LogP contribution in [-0.4, -0.2) is 19.7 Å². The lowest BCUT2D eigenvalue weighted by molar-refractivity contribution is 0.425. The van der Waals surface area contributed by atoms with Crippen LogP contribution in [0.5, 0.6) is 0 Å². The smallest absolute Gasteiger partial charge is 0.260 e. The highest BCUT2D eigenvalue weighted by atomic mass is 16.5. The molecule has 138 valence electrons. The third-order valence-electron chi connectivity index (χ3n) is 4.89. The van der Waals surface area contributed by atoms with Crippen molar-refractivity contribution in [1.29, 1.82) is 5.26 Å². The summed E-state index contributed by atoms with van der Waals surface area (Å²) in [5.41, 5.74) is 6.85. The molecule has 0 unspecified atom stereocenters. The number of aromatic nitrogens is 4. The molecule has 28 heavy (non-hydrogen) atoms. The molecule has 1 aromatic carbocycles. The Morgan fingerprint density at radius 1 is 1.04 bits per heavy atom. The SMILES string of the molecule is Cc1noc(-c2c(-c3ccc(C#N)cc3)c(C)n(Cc3cccnc3)c2C)n1. The van der Waals surface area contributed by atoms with Crippen molar-refractivity contribution < 1.29 is 4.52 Å². The van der Waals surface area contributed by atoms with Gasteiger partial charge in [0.2, 0.25) is 0 Å². The van der Waals surface area contributed by atoms with E-state index in [1.807, 2.05) is 43.5 Å². The first kappa shape index (κ1) is 17.7. The summed E-state index contributed by atoms with van der Waals surface area (Å²) in [4.78, 5) is 8.69. The Bertz CT molecular complexity index is 1160. The van der Waals surface area contributed by atoms with E-state index in [-0.39, 0.29) is 0 Å². The molecule has 0 bridgehead atoms. The molecular weight excluding hydrogens is 350 g/mol. The van der Waals surface area contributed by atoms with E-state index in [2.05, 4.69) is 45.7 Å². The van der Waals surface area contributed by atoms with Crippen molar-refractivity contribution in [2.75, 3.05) is 0 Å². The van der Waals surface area contributed by atoms with Crippen LogP contribution >= 0.6 is 0 Å². The lowest BCUT2D eigenvalue weighted by atomic mass is 9.99. The average molecular weight is 369 g/mol. The van der Waals surface area contributed by atoms with Crippen LogP contribution in [-0.2, 0) is 6.54 Å². The van der Waals surface area contributed by atoms with Crippen LogP contribution < -0.4 is 0 Å². The van der Waals surface area contributed by atoms with E-state index in [0.29, 0.717) is 23.8 Å². The molecule has 0 saturated carbocycles. The third-order valence-corrected chi connectivity index (χ3v) is 4.89. The van der Waals surface area contributed by atoms with Crippen LogP contribution in [0.4, 0.5) is 0 Å². The minimum atomic E-state index is 0.502. The van der Waals surface area contributed by atoms with Crippen molar-refractivity contribution >= 4 is 0 Å². The quantitative estimate of drug-likeness (QED) is 0.531. The number of aryl methyl sites for hydroxylation is 1. The van der Waals surface area contributed by atoms with Crippen LogP contribution in [0.2, 0.25) is 0 Å². The second kappa shape index (κ2) is 7.12. The summed E-state index contributed by atoms with van der Waals surface area (Å²) in [7, 11) is 0. The van der Waals surface area contributed by atoms with Crippen LogP contribution in [0.1, 0.15) is 28.3 Å². The normalized spacial score (nSPS) is 10.8. The zero-order valence-corrected chi connectivity index (χ0v) is 16.0. The van der Waals surface area contributed by atoms with Gasteiger partial charge in [0.1, 0.15) is 0 Å². The Kier molecular flexibility index (Phi) is 4.50. The molecule has 0 aliphatic carbocycles. The summed E-state index contributed by atoms with van der Waals surface area (Å²) in [6.07, 6.45) is 3.64. The Morgan fingerprint density at radius 2 is 1.79 bits per heavy atom. The summed E-state index contributed by atoms with van der Waals surface area (Å²) in [5, 5.41) is 13.1. The van der Waals surface area contributed by atoms with Gasteiger partial charge < -0.3 is 9.09 Å². The van der Waals surface area contributed by atoms with E-state index in [0.717, 1.165) is 33.6 Å². The van der Waals surface area contributed by atoms with E-state index in [9.17, 15) is 0 Å². The summed E-state index contributed by atoms with van der Waals surface area (Å²) >= 11 is 0. The first-order valence-corrected chi connectivity index (χ1v) is 8.98. The molecule has 4 aromatic rings. The van der Waals surface area contributed by atoms with Crippen LogP contribution in [0.15, 0.2) is 53.3 Å². The van der Waals surface area contributed by atoms with E-state index < -0.39 is 0 Å². The lowest BCUT2D eigenvalue weighted by Crippen LogP contribution is -2.04. The number of pyridine rings is 1. The zero-order chi connectivity index (χ0) is 19.7. The van der Waals surface area contributed by atoms with Crippen molar-refractivity contribution in [3.05, 3.63) is 77.1 Å². The zero-order valence-electron chi connectivity index (χ0n) is 16.0.